The van der Waals surface area contributed by atoms with Crippen LogP contribution >= 0.6 is 0 Å². The number of amides is 1. The molecule has 0 aliphatic heterocycles. The molecule has 2 N–H and O–H groups in total. The van der Waals surface area contributed by atoms with Crippen molar-refractivity contribution >= 4 is 6.09 Å². The van der Waals surface area contributed by atoms with E-state index in [9.17, 15) is 9.90 Å². The van der Waals surface area contributed by atoms with E-state index in [4.69, 9.17) is 4.74 Å². The summed E-state index contributed by atoms with van der Waals surface area (Å²) in [6.07, 6.45) is 9.69. The van der Waals surface area contributed by atoms with Gasteiger partial charge in [-0.15, -0.1) is 0 Å². The van der Waals surface area contributed by atoms with E-state index in [1.165, 1.54) is 19.3 Å². The lowest BCUT2D eigenvalue weighted by Crippen LogP contribution is -2.25. The molecule has 4 heteroatoms. The number of ether oxygens (including phenoxy) is 1. The van der Waals surface area contributed by atoms with Crippen LogP contribution in [0.3, 0.4) is 0 Å². The summed E-state index contributed by atoms with van der Waals surface area (Å²) < 4.78 is 5.12. The Balaban J connectivity index is 2.15. The number of hydrogen-bond donors (Lipinski definition) is 2. The van der Waals surface area contributed by atoms with Gasteiger partial charge in [-0.25, -0.2) is 4.79 Å². The van der Waals surface area contributed by atoms with Crippen molar-refractivity contribution in [1.82, 2.24) is 5.32 Å². The minimum atomic E-state index is -0.818. The highest BCUT2D eigenvalue weighted by Crippen LogP contribution is 2.16. The van der Waals surface area contributed by atoms with E-state index in [-0.39, 0.29) is 6.61 Å². The molecule has 1 amide bonds. The Hall–Kier alpha value is -1.81. The number of unbranched alkanes of at least 4 members (excludes halogenated alkanes) is 4. The highest BCUT2D eigenvalue weighted by atomic mass is 16.5. The number of carbonyl (C=O) groups is 1. The van der Waals surface area contributed by atoms with E-state index >= 15 is 0 Å². The zero-order valence-corrected chi connectivity index (χ0v) is 15.0. The average molecular weight is 333 g/mol. The molecule has 1 atom stereocenters. The maximum atomic E-state index is 11.6. The van der Waals surface area contributed by atoms with E-state index in [0.717, 1.165) is 24.8 Å². The molecule has 0 bridgehead atoms. The van der Waals surface area contributed by atoms with Crippen molar-refractivity contribution in [1.29, 1.82) is 0 Å². The molecule has 134 valence electrons. The fourth-order valence-electron chi connectivity index (χ4n) is 2.40. The van der Waals surface area contributed by atoms with Gasteiger partial charge in [0.25, 0.3) is 0 Å². The van der Waals surface area contributed by atoms with Crippen molar-refractivity contribution in [2.45, 2.75) is 64.6 Å². The molecule has 24 heavy (non-hydrogen) atoms. The van der Waals surface area contributed by atoms with Crippen LogP contribution in [-0.2, 0) is 11.3 Å². The van der Waals surface area contributed by atoms with Crippen LogP contribution in [0.5, 0.6) is 0 Å². The van der Waals surface area contributed by atoms with Crippen LogP contribution in [0.25, 0.3) is 0 Å². The van der Waals surface area contributed by atoms with Crippen molar-refractivity contribution in [2.75, 3.05) is 6.54 Å². The molecule has 0 aromatic heterocycles. The lowest BCUT2D eigenvalue weighted by atomic mass is 9.97. The van der Waals surface area contributed by atoms with Crippen LogP contribution in [0.4, 0.5) is 4.79 Å². The largest absolute Gasteiger partial charge is 0.445 e. The number of benzene rings is 1. The average Bonchev–Trinajstić information content (AvgIpc) is 2.57. The highest BCUT2D eigenvalue weighted by Gasteiger charge is 2.15. The molecule has 1 rings (SSSR count). The van der Waals surface area contributed by atoms with Crippen LogP contribution in [-0.4, -0.2) is 23.3 Å². The van der Waals surface area contributed by atoms with Crippen molar-refractivity contribution in [3.05, 3.63) is 48.0 Å². The first kappa shape index (κ1) is 20.2. The SMILES string of the molecule is CCCCCCCC(C)(O)C=CCNC(=O)OCc1ccccc1. The first-order valence-electron chi connectivity index (χ1n) is 8.88. The summed E-state index contributed by atoms with van der Waals surface area (Å²) in [5.74, 6) is 0. The molecule has 1 aromatic carbocycles. The maximum Gasteiger partial charge on any atom is 0.407 e. The molecule has 0 radical (unpaired) electrons. The van der Waals surface area contributed by atoms with Crippen molar-refractivity contribution < 1.29 is 14.6 Å². The molecule has 1 aromatic rings. The highest BCUT2D eigenvalue weighted by molar-refractivity contribution is 5.67. The van der Waals surface area contributed by atoms with Crippen LogP contribution in [0.2, 0.25) is 0 Å². The maximum absolute atomic E-state index is 11.6. The topological polar surface area (TPSA) is 58.6 Å². The number of alkyl carbamates (subject to hydrolysis) is 1. The quantitative estimate of drug-likeness (QED) is 0.460. The second kappa shape index (κ2) is 11.7. The predicted octanol–water partition coefficient (Wildman–Crippen LogP) is 4.58. The summed E-state index contributed by atoms with van der Waals surface area (Å²) >= 11 is 0. The molecule has 0 spiro atoms. The molecule has 0 saturated heterocycles. The van der Waals surface area contributed by atoms with Gasteiger partial charge in [0.2, 0.25) is 0 Å². The third-order valence-electron chi connectivity index (χ3n) is 3.84. The van der Waals surface area contributed by atoms with Gasteiger partial charge in [0.1, 0.15) is 6.61 Å². The standard InChI is InChI=1S/C20H31NO3/c1-3-4-5-6-10-14-20(2,23)15-11-16-21-19(22)24-17-18-12-8-7-9-13-18/h7-9,11-13,15,23H,3-6,10,14,16-17H2,1-2H3,(H,21,22). The number of rotatable bonds is 11. The summed E-state index contributed by atoms with van der Waals surface area (Å²) in [5.41, 5.74) is 0.135. The molecule has 4 nitrogen and oxygen atoms in total. The first-order valence-corrected chi connectivity index (χ1v) is 8.88. The van der Waals surface area contributed by atoms with Crippen LogP contribution in [0.15, 0.2) is 42.5 Å². The van der Waals surface area contributed by atoms with E-state index in [2.05, 4.69) is 12.2 Å². The summed E-state index contributed by atoms with van der Waals surface area (Å²) in [6.45, 7) is 4.60. The summed E-state index contributed by atoms with van der Waals surface area (Å²) in [6, 6.07) is 9.55. The van der Waals surface area contributed by atoms with Gasteiger partial charge < -0.3 is 15.2 Å². The van der Waals surface area contributed by atoms with Gasteiger partial charge in [-0.1, -0.05) is 81.5 Å². The van der Waals surface area contributed by atoms with Gasteiger partial charge >= 0.3 is 6.09 Å². The minimum Gasteiger partial charge on any atom is -0.445 e. The third kappa shape index (κ3) is 10.1. The molecule has 1 unspecified atom stereocenters. The Bertz CT molecular complexity index is 483. The van der Waals surface area contributed by atoms with Crippen molar-refractivity contribution in [3.63, 3.8) is 0 Å². The van der Waals surface area contributed by atoms with Crippen LogP contribution in [0, 0.1) is 0 Å². The second-order valence-corrected chi connectivity index (χ2v) is 6.37. The Morgan fingerprint density at radius 2 is 1.92 bits per heavy atom. The lowest BCUT2D eigenvalue weighted by molar-refractivity contribution is 0.0980. The number of aliphatic hydroxyl groups is 1. The normalized spacial score (nSPS) is 13.6. The molecule has 0 fully saturated rings. The molecule has 0 heterocycles. The van der Waals surface area contributed by atoms with E-state index in [1.807, 2.05) is 30.3 Å². The minimum absolute atomic E-state index is 0.256. The first-order chi connectivity index (χ1) is 11.5. The van der Waals surface area contributed by atoms with Gasteiger partial charge in [-0.2, -0.15) is 0 Å². The molecular formula is C20H31NO3. The van der Waals surface area contributed by atoms with Gasteiger partial charge in [0.15, 0.2) is 0 Å². The zero-order valence-electron chi connectivity index (χ0n) is 15.0. The third-order valence-corrected chi connectivity index (χ3v) is 3.84. The smallest absolute Gasteiger partial charge is 0.407 e. The van der Waals surface area contributed by atoms with E-state index in [1.54, 1.807) is 19.1 Å². The molecule has 0 saturated carbocycles. The zero-order chi connectivity index (χ0) is 17.7. The van der Waals surface area contributed by atoms with Gasteiger partial charge in [0.05, 0.1) is 5.60 Å². The van der Waals surface area contributed by atoms with Gasteiger partial charge in [-0.05, 0) is 18.9 Å². The van der Waals surface area contributed by atoms with Crippen molar-refractivity contribution in [2.24, 2.45) is 0 Å². The molecule has 0 aliphatic carbocycles. The summed E-state index contributed by atoms with van der Waals surface area (Å²) in [5, 5.41) is 12.9. The Kier molecular flexibility index (Phi) is 9.85. The number of carbonyl (C=O) groups excluding carboxylic acids is 1. The monoisotopic (exact) mass is 333 g/mol. The fraction of sp³-hybridized carbons (Fsp3) is 0.550. The van der Waals surface area contributed by atoms with E-state index in [0.29, 0.717) is 6.54 Å². The summed E-state index contributed by atoms with van der Waals surface area (Å²) in [7, 11) is 0. The fourth-order valence-corrected chi connectivity index (χ4v) is 2.40. The van der Waals surface area contributed by atoms with Crippen molar-refractivity contribution in [3.8, 4) is 0 Å². The van der Waals surface area contributed by atoms with E-state index < -0.39 is 11.7 Å². The van der Waals surface area contributed by atoms with Crippen LogP contribution < -0.4 is 5.32 Å². The Morgan fingerprint density at radius 1 is 1.21 bits per heavy atom. The number of hydrogen-bond acceptors (Lipinski definition) is 3. The number of nitrogens with one attached hydrogen (secondary N) is 1. The van der Waals surface area contributed by atoms with Gasteiger partial charge in [0, 0.05) is 6.54 Å². The second-order valence-electron chi connectivity index (χ2n) is 6.37. The Labute approximate surface area is 145 Å². The summed E-state index contributed by atoms with van der Waals surface area (Å²) in [4.78, 5) is 11.6. The molecule has 0 aliphatic rings. The van der Waals surface area contributed by atoms with Gasteiger partial charge in [-0.3, -0.25) is 0 Å². The van der Waals surface area contributed by atoms with Crippen LogP contribution in [0.1, 0.15) is 57.9 Å². The predicted molar refractivity (Wildman–Crippen MR) is 97.8 cm³/mol. The lowest BCUT2D eigenvalue weighted by Gasteiger charge is -2.18. The molecular weight excluding hydrogens is 302 g/mol. The Morgan fingerprint density at radius 3 is 2.62 bits per heavy atom.